The number of carboxylic acids is 1. The van der Waals surface area contributed by atoms with Crippen LogP contribution in [0, 0.1) is 0 Å². The molecule has 3 N–H and O–H groups in total. The molecule has 1 aliphatic heterocycles. The van der Waals surface area contributed by atoms with Gasteiger partial charge < -0.3 is 30.3 Å². The Labute approximate surface area is 225 Å². The van der Waals surface area contributed by atoms with Gasteiger partial charge in [0, 0.05) is 24.0 Å². The van der Waals surface area contributed by atoms with Crippen molar-refractivity contribution in [2.24, 2.45) is 0 Å². The zero-order chi connectivity index (χ0) is 28.1. The minimum Gasteiger partial charge on any atom is -0.479 e. The lowest BCUT2D eigenvalue weighted by molar-refractivity contribution is -0.140. The van der Waals surface area contributed by atoms with Crippen molar-refractivity contribution in [3.63, 3.8) is 0 Å². The average molecular weight is 529 g/mol. The Hall–Kier alpha value is -4.96. The summed E-state index contributed by atoms with van der Waals surface area (Å²) in [5.41, 5.74) is 4.23. The predicted octanol–water partition coefficient (Wildman–Crippen LogP) is 3.38. The molecule has 0 radical (unpaired) electrons. The number of benzene rings is 3. The minimum absolute atomic E-state index is 0.0433. The van der Waals surface area contributed by atoms with E-state index in [2.05, 4.69) is 10.6 Å². The quantitative estimate of drug-likeness (QED) is 0.285. The van der Waals surface area contributed by atoms with Crippen molar-refractivity contribution in [1.82, 2.24) is 4.90 Å². The number of nitrogens with zero attached hydrogens (tertiary/aromatic N) is 2. The first-order valence-electron chi connectivity index (χ1n) is 12.1. The van der Waals surface area contributed by atoms with Gasteiger partial charge in [0.05, 0.1) is 29.1 Å². The molecule has 0 bridgehead atoms. The standard InChI is InChI=1S/C29H28N4O6/c1-32(2)16-24(34)33(3)21-12-10-20(11-13-21)30-27(18-7-5-4-6-8-18)26-22-14-9-19(15-23(22)31-28(26)37)29(38)39-17-25(35)36/h4-15,30H,16-17H2,1-3H3,(H,31,37)(H,35,36)/b27-26-. The number of fused-ring (bicyclic) bond motifs is 1. The van der Waals surface area contributed by atoms with E-state index in [1.165, 1.54) is 12.1 Å². The van der Waals surface area contributed by atoms with Gasteiger partial charge in [0.25, 0.3) is 5.91 Å². The topological polar surface area (TPSA) is 128 Å². The number of hydrogen-bond donors (Lipinski definition) is 3. The maximum Gasteiger partial charge on any atom is 0.341 e. The fourth-order valence-corrected chi connectivity index (χ4v) is 4.08. The summed E-state index contributed by atoms with van der Waals surface area (Å²) in [5, 5.41) is 14.9. The third-order valence-corrected chi connectivity index (χ3v) is 5.99. The number of carbonyl (C=O) groups excluding carboxylic acids is 3. The van der Waals surface area contributed by atoms with Gasteiger partial charge in [0.1, 0.15) is 0 Å². The molecule has 10 heteroatoms. The van der Waals surface area contributed by atoms with Crippen LogP contribution >= 0.6 is 0 Å². The van der Waals surface area contributed by atoms with E-state index in [-0.39, 0.29) is 23.9 Å². The highest BCUT2D eigenvalue weighted by molar-refractivity contribution is 6.37. The number of carbonyl (C=O) groups is 4. The molecule has 2 amide bonds. The molecule has 0 saturated heterocycles. The molecule has 0 aliphatic carbocycles. The molecule has 0 atom stereocenters. The van der Waals surface area contributed by atoms with E-state index in [9.17, 15) is 19.2 Å². The van der Waals surface area contributed by atoms with Gasteiger partial charge in [-0.05, 0) is 56.1 Å². The molecule has 0 unspecified atom stereocenters. The Bertz CT molecular complexity index is 1450. The third kappa shape index (κ3) is 6.31. The van der Waals surface area contributed by atoms with Gasteiger partial charge in [-0.2, -0.15) is 0 Å². The van der Waals surface area contributed by atoms with Gasteiger partial charge >= 0.3 is 11.9 Å². The van der Waals surface area contributed by atoms with Crippen molar-refractivity contribution in [2.45, 2.75) is 0 Å². The first-order chi connectivity index (χ1) is 18.6. The smallest absolute Gasteiger partial charge is 0.341 e. The number of amides is 2. The number of aliphatic carboxylic acids is 1. The summed E-state index contributed by atoms with van der Waals surface area (Å²) in [5.74, 6) is -2.47. The largest absolute Gasteiger partial charge is 0.479 e. The minimum atomic E-state index is -1.26. The van der Waals surface area contributed by atoms with Crippen LogP contribution in [0.4, 0.5) is 17.1 Å². The molecular formula is C29H28N4O6. The summed E-state index contributed by atoms with van der Waals surface area (Å²) in [6, 6.07) is 21.2. The highest BCUT2D eigenvalue weighted by Crippen LogP contribution is 2.38. The van der Waals surface area contributed by atoms with E-state index in [1.807, 2.05) is 68.7 Å². The molecule has 0 fully saturated rings. The Morgan fingerprint density at radius 3 is 2.26 bits per heavy atom. The van der Waals surface area contributed by atoms with E-state index >= 15 is 0 Å². The number of likely N-dealkylation sites (N-methyl/N-ethyl adjacent to an activating group) is 2. The van der Waals surface area contributed by atoms with E-state index in [0.29, 0.717) is 28.2 Å². The maximum atomic E-state index is 13.2. The zero-order valence-corrected chi connectivity index (χ0v) is 21.7. The number of hydrogen-bond acceptors (Lipinski definition) is 7. The van der Waals surface area contributed by atoms with Crippen LogP contribution in [-0.4, -0.2) is 68.1 Å². The summed E-state index contributed by atoms with van der Waals surface area (Å²) in [6.07, 6.45) is 0. The number of rotatable bonds is 9. The zero-order valence-electron chi connectivity index (χ0n) is 21.7. The monoisotopic (exact) mass is 528 g/mol. The summed E-state index contributed by atoms with van der Waals surface area (Å²) in [6.45, 7) is -0.470. The molecule has 0 aromatic heterocycles. The van der Waals surface area contributed by atoms with Crippen molar-refractivity contribution in [1.29, 1.82) is 0 Å². The van der Waals surface area contributed by atoms with Crippen LogP contribution in [0.25, 0.3) is 11.3 Å². The molecule has 0 spiro atoms. The van der Waals surface area contributed by atoms with Crippen molar-refractivity contribution in [2.75, 3.05) is 49.8 Å². The number of nitrogens with one attached hydrogen (secondary N) is 2. The lowest BCUT2D eigenvalue weighted by Crippen LogP contribution is -2.34. The molecule has 10 nitrogen and oxygen atoms in total. The Morgan fingerprint density at radius 1 is 0.923 bits per heavy atom. The van der Waals surface area contributed by atoms with E-state index in [1.54, 1.807) is 22.9 Å². The van der Waals surface area contributed by atoms with Crippen LogP contribution in [0.1, 0.15) is 21.5 Å². The van der Waals surface area contributed by atoms with Crippen molar-refractivity contribution in [3.8, 4) is 0 Å². The van der Waals surface area contributed by atoms with Crippen LogP contribution in [0.2, 0.25) is 0 Å². The Balaban J connectivity index is 1.68. The molecule has 200 valence electrons. The SMILES string of the molecule is CN(C)CC(=O)N(C)c1ccc(N/C(=C2\C(=O)Nc3cc(C(=O)OCC(=O)O)ccc32)c2ccccc2)cc1. The third-order valence-electron chi connectivity index (χ3n) is 5.99. The van der Waals surface area contributed by atoms with Gasteiger partial charge in [0.2, 0.25) is 5.91 Å². The highest BCUT2D eigenvalue weighted by Gasteiger charge is 2.29. The van der Waals surface area contributed by atoms with Gasteiger partial charge in [-0.1, -0.05) is 36.4 Å². The van der Waals surface area contributed by atoms with Crippen molar-refractivity contribution in [3.05, 3.63) is 89.5 Å². The van der Waals surface area contributed by atoms with Crippen molar-refractivity contribution >= 4 is 52.1 Å². The summed E-state index contributed by atoms with van der Waals surface area (Å²) >= 11 is 0. The number of carboxylic acid groups (broad SMARTS) is 1. The summed E-state index contributed by atoms with van der Waals surface area (Å²) in [7, 11) is 5.39. The van der Waals surface area contributed by atoms with E-state index in [4.69, 9.17) is 9.84 Å². The second-order valence-corrected chi connectivity index (χ2v) is 9.16. The molecule has 1 heterocycles. The average Bonchev–Trinajstić information content (AvgIpc) is 3.25. The maximum absolute atomic E-state index is 13.2. The first kappa shape index (κ1) is 27.1. The molecule has 1 aliphatic rings. The predicted molar refractivity (Wildman–Crippen MR) is 148 cm³/mol. The van der Waals surface area contributed by atoms with Crippen LogP contribution < -0.4 is 15.5 Å². The second kappa shape index (κ2) is 11.6. The first-order valence-corrected chi connectivity index (χ1v) is 12.1. The molecule has 0 saturated carbocycles. The summed E-state index contributed by atoms with van der Waals surface area (Å²) < 4.78 is 4.76. The fourth-order valence-electron chi connectivity index (χ4n) is 4.08. The highest BCUT2D eigenvalue weighted by atomic mass is 16.5. The van der Waals surface area contributed by atoms with Crippen LogP contribution in [-0.2, 0) is 19.1 Å². The Kier molecular flexibility index (Phi) is 8.07. The van der Waals surface area contributed by atoms with Crippen LogP contribution in [0.3, 0.4) is 0 Å². The molecule has 39 heavy (non-hydrogen) atoms. The molecular weight excluding hydrogens is 500 g/mol. The lowest BCUT2D eigenvalue weighted by atomic mass is 9.99. The van der Waals surface area contributed by atoms with Crippen LogP contribution in [0.15, 0.2) is 72.8 Å². The van der Waals surface area contributed by atoms with Gasteiger partial charge in [-0.3, -0.25) is 9.59 Å². The van der Waals surface area contributed by atoms with Gasteiger partial charge in [0.15, 0.2) is 6.61 Å². The van der Waals surface area contributed by atoms with Crippen LogP contribution in [0.5, 0.6) is 0 Å². The number of ether oxygens (including phenoxy) is 1. The molecule has 4 rings (SSSR count). The molecule has 3 aromatic rings. The number of anilines is 3. The van der Waals surface area contributed by atoms with E-state index in [0.717, 1.165) is 11.3 Å². The molecule has 3 aromatic carbocycles. The van der Waals surface area contributed by atoms with E-state index < -0.39 is 18.5 Å². The summed E-state index contributed by atoms with van der Waals surface area (Å²) in [4.78, 5) is 51.9. The Morgan fingerprint density at radius 2 is 1.62 bits per heavy atom. The fraction of sp³-hybridized carbons (Fsp3) is 0.172. The van der Waals surface area contributed by atoms with Crippen molar-refractivity contribution < 1.29 is 29.0 Å². The lowest BCUT2D eigenvalue weighted by Gasteiger charge is -2.20. The second-order valence-electron chi connectivity index (χ2n) is 9.16. The van der Waals surface area contributed by atoms with Gasteiger partial charge in [-0.25, -0.2) is 9.59 Å². The number of esters is 1. The normalized spacial score (nSPS) is 13.4. The van der Waals surface area contributed by atoms with Gasteiger partial charge in [-0.15, -0.1) is 0 Å².